The number of amides is 1. The number of rotatable bonds is 10. The summed E-state index contributed by atoms with van der Waals surface area (Å²) in [6, 6.07) is 4.17. The second kappa shape index (κ2) is 10.1. The van der Waals surface area contributed by atoms with Crippen LogP contribution in [0, 0.1) is 0 Å². The predicted molar refractivity (Wildman–Crippen MR) is 99.0 cm³/mol. The largest absolute Gasteiger partial charge is 0.482 e. The molecule has 0 aromatic heterocycles. The first-order valence-corrected chi connectivity index (χ1v) is 10.6. The van der Waals surface area contributed by atoms with E-state index in [1.54, 1.807) is 0 Å². The lowest BCUT2D eigenvalue weighted by Gasteiger charge is -2.12. The lowest BCUT2D eigenvalue weighted by atomic mass is 10.2. The van der Waals surface area contributed by atoms with Crippen LogP contribution in [0.4, 0.5) is 0 Å². The normalized spacial score (nSPS) is 17.2. The number of carbonyl (C=O) groups is 1. The quantitative estimate of drug-likeness (QED) is 0.582. The standard InChI is InChI=1S/C17H25ClN2O5S/c1-2-3-8-20-26(22,23)14-6-7-16(15(18)10-14)25-12-17(21)19-11-13-5-4-9-24-13/h6-7,10,13,20H,2-5,8-9,11-12H2,1H3,(H,19,21)/t13-/m0/s1. The van der Waals surface area contributed by atoms with E-state index in [1.807, 2.05) is 6.92 Å². The average Bonchev–Trinajstić information content (AvgIpc) is 3.12. The van der Waals surface area contributed by atoms with E-state index in [0.29, 0.717) is 13.1 Å². The van der Waals surface area contributed by atoms with Gasteiger partial charge in [-0.25, -0.2) is 13.1 Å². The van der Waals surface area contributed by atoms with Crippen molar-refractivity contribution in [2.24, 2.45) is 0 Å². The first-order valence-electron chi connectivity index (χ1n) is 8.72. The van der Waals surface area contributed by atoms with Crippen molar-refractivity contribution in [1.29, 1.82) is 0 Å². The van der Waals surface area contributed by atoms with Crippen LogP contribution in [0.15, 0.2) is 23.1 Å². The van der Waals surface area contributed by atoms with Gasteiger partial charge in [-0.2, -0.15) is 0 Å². The van der Waals surface area contributed by atoms with E-state index in [-0.39, 0.29) is 34.3 Å². The first kappa shape index (κ1) is 21.0. The molecule has 0 spiro atoms. The number of benzene rings is 1. The Balaban J connectivity index is 1.85. The van der Waals surface area contributed by atoms with Gasteiger partial charge < -0.3 is 14.8 Å². The SMILES string of the molecule is CCCCNS(=O)(=O)c1ccc(OCC(=O)NC[C@@H]2CCCO2)c(Cl)c1. The number of unbranched alkanes of at least 4 members (excludes halogenated alkanes) is 1. The maximum Gasteiger partial charge on any atom is 0.258 e. The molecule has 146 valence electrons. The molecule has 9 heteroatoms. The molecule has 1 atom stereocenters. The van der Waals surface area contributed by atoms with Gasteiger partial charge >= 0.3 is 0 Å². The molecule has 1 saturated heterocycles. The lowest BCUT2D eigenvalue weighted by molar-refractivity contribution is -0.123. The molecule has 26 heavy (non-hydrogen) atoms. The molecule has 1 aromatic carbocycles. The van der Waals surface area contributed by atoms with E-state index >= 15 is 0 Å². The summed E-state index contributed by atoms with van der Waals surface area (Å²) in [5.41, 5.74) is 0. The summed E-state index contributed by atoms with van der Waals surface area (Å²) in [5, 5.41) is 2.88. The summed E-state index contributed by atoms with van der Waals surface area (Å²) in [5.74, 6) is -0.0269. The Hall–Kier alpha value is -1.35. The van der Waals surface area contributed by atoms with Crippen molar-refractivity contribution in [2.75, 3.05) is 26.3 Å². The monoisotopic (exact) mass is 404 g/mol. The molecule has 1 aliphatic heterocycles. The Labute approximate surface area is 159 Å². The molecule has 0 bridgehead atoms. The van der Waals surface area contributed by atoms with Crippen molar-refractivity contribution in [3.05, 3.63) is 23.2 Å². The number of carbonyl (C=O) groups excluding carboxylic acids is 1. The molecule has 0 radical (unpaired) electrons. The van der Waals surface area contributed by atoms with E-state index in [2.05, 4.69) is 10.0 Å². The van der Waals surface area contributed by atoms with Crippen LogP contribution in [0.2, 0.25) is 5.02 Å². The Bertz CT molecular complexity index is 705. The Morgan fingerprint density at radius 2 is 2.23 bits per heavy atom. The molecule has 0 aliphatic carbocycles. The topological polar surface area (TPSA) is 93.7 Å². The minimum absolute atomic E-state index is 0.0623. The van der Waals surface area contributed by atoms with Gasteiger partial charge in [0.1, 0.15) is 5.75 Å². The molecule has 1 fully saturated rings. The average molecular weight is 405 g/mol. The van der Waals surface area contributed by atoms with Gasteiger partial charge in [0, 0.05) is 19.7 Å². The van der Waals surface area contributed by atoms with Crippen molar-refractivity contribution in [1.82, 2.24) is 10.0 Å². The zero-order valence-corrected chi connectivity index (χ0v) is 16.4. The highest BCUT2D eigenvalue weighted by Gasteiger charge is 2.18. The summed E-state index contributed by atoms with van der Waals surface area (Å²) in [6.45, 7) is 3.34. The van der Waals surface area contributed by atoms with Crippen molar-refractivity contribution >= 4 is 27.5 Å². The third-order valence-corrected chi connectivity index (χ3v) is 5.70. The maximum absolute atomic E-state index is 12.2. The van der Waals surface area contributed by atoms with Crippen LogP contribution in [0.5, 0.6) is 5.75 Å². The molecule has 7 nitrogen and oxygen atoms in total. The van der Waals surface area contributed by atoms with Gasteiger partial charge in [-0.1, -0.05) is 24.9 Å². The Kier molecular flexibility index (Phi) is 8.15. The molecule has 1 amide bonds. The number of nitrogens with one attached hydrogen (secondary N) is 2. The maximum atomic E-state index is 12.2. The predicted octanol–water partition coefficient (Wildman–Crippen LogP) is 2.09. The van der Waals surface area contributed by atoms with Crippen LogP contribution in [-0.4, -0.2) is 46.7 Å². The number of sulfonamides is 1. The zero-order chi connectivity index (χ0) is 19.0. The smallest absolute Gasteiger partial charge is 0.258 e. The van der Waals surface area contributed by atoms with E-state index in [9.17, 15) is 13.2 Å². The highest BCUT2D eigenvalue weighted by Crippen LogP contribution is 2.27. The van der Waals surface area contributed by atoms with Gasteiger partial charge in [-0.3, -0.25) is 4.79 Å². The molecular formula is C17H25ClN2O5S. The summed E-state index contributed by atoms with van der Waals surface area (Å²) < 4.78 is 37.6. The third kappa shape index (κ3) is 6.42. The Morgan fingerprint density at radius 1 is 1.42 bits per heavy atom. The van der Waals surface area contributed by atoms with E-state index in [4.69, 9.17) is 21.1 Å². The van der Waals surface area contributed by atoms with E-state index < -0.39 is 10.0 Å². The van der Waals surface area contributed by atoms with Crippen LogP contribution in [-0.2, 0) is 19.6 Å². The van der Waals surface area contributed by atoms with Crippen molar-refractivity contribution < 1.29 is 22.7 Å². The first-order chi connectivity index (χ1) is 12.4. The van der Waals surface area contributed by atoms with Gasteiger partial charge in [0.15, 0.2) is 6.61 Å². The van der Waals surface area contributed by atoms with E-state index in [1.165, 1.54) is 18.2 Å². The van der Waals surface area contributed by atoms with Gasteiger partial charge in [0.25, 0.3) is 5.91 Å². The Morgan fingerprint density at radius 3 is 2.88 bits per heavy atom. The summed E-state index contributed by atoms with van der Waals surface area (Å²) in [4.78, 5) is 11.9. The second-order valence-corrected chi connectivity index (χ2v) is 8.25. The molecule has 2 N–H and O–H groups in total. The number of halogens is 1. The molecule has 0 unspecified atom stereocenters. The molecule has 2 rings (SSSR count). The van der Waals surface area contributed by atoms with Crippen LogP contribution in [0.25, 0.3) is 0 Å². The van der Waals surface area contributed by atoms with Crippen LogP contribution in [0.3, 0.4) is 0 Å². The number of ether oxygens (including phenoxy) is 2. The van der Waals surface area contributed by atoms with Gasteiger partial charge in [0.2, 0.25) is 10.0 Å². The molecule has 1 heterocycles. The number of hydrogen-bond acceptors (Lipinski definition) is 5. The second-order valence-electron chi connectivity index (χ2n) is 6.07. The van der Waals surface area contributed by atoms with Crippen LogP contribution in [0.1, 0.15) is 32.6 Å². The molecule has 1 aliphatic rings. The fourth-order valence-corrected chi connectivity index (χ4v) is 3.86. The van der Waals surface area contributed by atoms with E-state index in [0.717, 1.165) is 32.3 Å². The van der Waals surface area contributed by atoms with Gasteiger partial charge in [0.05, 0.1) is 16.0 Å². The lowest BCUT2D eigenvalue weighted by Crippen LogP contribution is -2.35. The zero-order valence-electron chi connectivity index (χ0n) is 14.8. The van der Waals surface area contributed by atoms with Crippen LogP contribution >= 0.6 is 11.6 Å². The van der Waals surface area contributed by atoms with Gasteiger partial charge in [-0.05, 0) is 37.5 Å². The van der Waals surface area contributed by atoms with Crippen molar-refractivity contribution in [2.45, 2.75) is 43.6 Å². The fraction of sp³-hybridized carbons (Fsp3) is 0.588. The summed E-state index contributed by atoms with van der Waals surface area (Å²) in [6.07, 6.45) is 3.66. The summed E-state index contributed by atoms with van der Waals surface area (Å²) >= 11 is 6.09. The molecule has 1 aromatic rings. The third-order valence-electron chi connectivity index (χ3n) is 3.95. The van der Waals surface area contributed by atoms with Gasteiger partial charge in [-0.15, -0.1) is 0 Å². The minimum atomic E-state index is -3.60. The fourth-order valence-electron chi connectivity index (χ4n) is 2.46. The van der Waals surface area contributed by atoms with Crippen molar-refractivity contribution in [3.8, 4) is 5.75 Å². The summed E-state index contributed by atoms with van der Waals surface area (Å²) in [7, 11) is -3.60. The molecule has 0 saturated carbocycles. The highest BCUT2D eigenvalue weighted by molar-refractivity contribution is 7.89. The highest BCUT2D eigenvalue weighted by atomic mass is 35.5. The van der Waals surface area contributed by atoms with Crippen LogP contribution < -0.4 is 14.8 Å². The molecular weight excluding hydrogens is 380 g/mol. The van der Waals surface area contributed by atoms with Crippen molar-refractivity contribution in [3.63, 3.8) is 0 Å². The minimum Gasteiger partial charge on any atom is -0.482 e. The number of hydrogen-bond donors (Lipinski definition) is 2.